The van der Waals surface area contributed by atoms with Crippen molar-refractivity contribution in [1.29, 1.82) is 0 Å². The summed E-state index contributed by atoms with van der Waals surface area (Å²) in [5.74, 6) is 1.03. The summed E-state index contributed by atoms with van der Waals surface area (Å²) < 4.78 is 0. The first kappa shape index (κ1) is 15.7. The number of aryl methyl sites for hydroxylation is 1. The first-order valence-corrected chi connectivity index (χ1v) is 7.52. The number of rotatable bonds is 5. The summed E-state index contributed by atoms with van der Waals surface area (Å²) >= 11 is 0. The Hall–Kier alpha value is -3.22. The lowest BCUT2D eigenvalue weighted by Gasteiger charge is -2.15. The van der Waals surface area contributed by atoms with Gasteiger partial charge in [0.2, 0.25) is 5.95 Å². The van der Waals surface area contributed by atoms with Crippen molar-refractivity contribution in [2.75, 3.05) is 12.4 Å². The van der Waals surface area contributed by atoms with Crippen LogP contribution < -0.4 is 5.32 Å². The third-order valence-corrected chi connectivity index (χ3v) is 3.42. The first-order valence-electron chi connectivity index (χ1n) is 7.52. The van der Waals surface area contributed by atoms with Crippen LogP contribution in [0.25, 0.3) is 0 Å². The van der Waals surface area contributed by atoms with E-state index in [0.717, 1.165) is 17.2 Å². The summed E-state index contributed by atoms with van der Waals surface area (Å²) in [6.45, 7) is 2.32. The zero-order valence-corrected chi connectivity index (χ0v) is 13.5. The molecule has 7 nitrogen and oxygen atoms in total. The van der Waals surface area contributed by atoms with Gasteiger partial charge in [-0.3, -0.25) is 4.79 Å². The molecular formula is C17H18N6O. The fourth-order valence-corrected chi connectivity index (χ4v) is 2.22. The van der Waals surface area contributed by atoms with Crippen LogP contribution in [0.15, 0.2) is 48.9 Å². The molecule has 24 heavy (non-hydrogen) atoms. The molecule has 7 heteroatoms. The van der Waals surface area contributed by atoms with Gasteiger partial charge in [-0.2, -0.15) is 0 Å². The van der Waals surface area contributed by atoms with Crippen molar-refractivity contribution in [3.63, 3.8) is 0 Å². The van der Waals surface area contributed by atoms with Crippen LogP contribution in [0.2, 0.25) is 0 Å². The van der Waals surface area contributed by atoms with Crippen LogP contribution in [0.4, 0.5) is 11.6 Å². The number of benzene rings is 1. The van der Waals surface area contributed by atoms with Gasteiger partial charge in [-0.15, -0.1) is 0 Å². The first-order chi connectivity index (χ1) is 11.6. The van der Waals surface area contributed by atoms with E-state index in [9.17, 15) is 4.79 Å². The quantitative estimate of drug-likeness (QED) is 0.754. The number of aromatic nitrogens is 4. The zero-order valence-electron chi connectivity index (χ0n) is 13.5. The smallest absolute Gasteiger partial charge is 0.257 e. The van der Waals surface area contributed by atoms with E-state index in [1.165, 1.54) is 12.4 Å². The molecule has 122 valence electrons. The Morgan fingerprint density at radius 3 is 2.46 bits per heavy atom. The minimum atomic E-state index is -0.157. The molecule has 2 heterocycles. The van der Waals surface area contributed by atoms with Crippen molar-refractivity contribution in [3.05, 3.63) is 66.0 Å². The van der Waals surface area contributed by atoms with Gasteiger partial charge in [0.05, 0.1) is 12.1 Å². The Bertz CT molecular complexity index is 813. The second-order valence-corrected chi connectivity index (χ2v) is 5.46. The maximum atomic E-state index is 12.4. The van der Waals surface area contributed by atoms with E-state index >= 15 is 0 Å². The van der Waals surface area contributed by atoms with Gasteiger partial charge in [-0.05, 0) is 19.1 Å². The Labute approximate surface area is 139 Å². The van der Waals surface area contributed by atoms with Gasteiger partial charge in [0.15, 0.2) is 0 Å². The number of amides is 1. The van der Waals surface area contributed by atoms with Crippen LogP contribution >= 0.6 is 0 Å². The summed E-state index contributed by atoms with van der Waals surface area (Å²) in [7, 11) is 1.72. The summed E-state index contributed by atoms with van der Waals surface area (Å²) in [6.07, 6.45) is 4.77. The third kappa shape index (κ3) is 3.75. The molecule has 0 unspecified atom stereocenters. The molecule has 3 rings (SSSR count). The third-order valence-electron chi connectivity index (χ3n) is 3.42. The number of H-pyrrole nitrogens is 1. The number of anilines is 2. The summed E-state index contributed by atoms with van der Waals surface area (Å²) in [5.41, 5.74) is 2.28. The van der Waals surface area contributed by atoms with Crippen molar-refractivity contribution in [3.8, 4) is 0 Å². The van der Waals surface area contributed by atoms with E-state index in [0.29, 0.717) is 18.1 Å². The molecular weight excluding hydrogens is 304 g/mol. The van der Waals surface area contributed by atoms with E-state index < -0.39 is 0 Å². The fourth-order valence-electron chi connectivity index (χ4n) is 2.22. The molecule has 0 saturated carbocycles. The molecule has 0 radical (unpaired) electrons. The van der Waals surface area contributed by atoms with Crippen LogP contribution in [-0.2, 0) is 6.54 Å². The highest BCUT2D eigenvalue weighted by Gasteiger charge is 2.14. The minimum Gasteiger partial charge on any atom is -0.345 e. The predicted octanol–water partition coefficient (Wildman–Crippen LogP) is 2.52. The molecule has 0 spiro atoms. The van der Waals surface area contributed by atoms with Crippen LogP contribution in [0.1, 0.15) is 21.9 Å². The molecule has 3 aromatic rings. The molecule has 2 aromatic heterocycles. The molecule has 0 fully saturated rings. The molecule has 0 saturated heterocycles. The second kappa shape index (κ2) is 6.91. The average Bonchev–Trinajstić information content (AvgIpc) is 3.00. The van der Waals surface area contributed by atoms with Crippen LogP contribution in [0.5, 0.6) is 0 Å². The number of carbonyl (C=O) groups excluding carboxylic acids is 1. The zero-order chi connectivity index (χ0) is 16.9. The average molecular weight is 322 g/mol. The van der Waals surface area contributed by atoms with Crippen molar-refractivity contribution in [2.24, 2.45) is 0 Å². The van der Waals surface area contributed by atoms with Crippen molar-refractivity contribution in [1.82, 2.24) is 24.8 Å². The Kier molecular flexibility index (Phi) is 4.51. The number of aromatic amines is 1. The number of para-hydroxylation sites is 1. The highest BCUT2D eigenvalue weighted by molar-refractivity contribution is 5.93. The molecule has 0 aliphatic rings. The predicted molar refractivity (Wildman–Crippen MR) is 90.9 cm³/mol. The number of carbonyl (C=O) groups is 1. The molecule has 1 aromatic carbocycles. The monoisotopic (exact) mass is 322 g/mol. The van der Waals surface area contributed by atoms with Crippen molar-refractivity contribution >= 4 is 17.5 Å². The largest absolute Gasteiger partial charge is 0.345 e. The van der Waals surface area contributed by atoms with E-state index in [4.69, 9.17) is 0 Å². The van der Waals surface area contributed by atoms with E-state index in [2.05, 4.69) is 25.3 Å². The van der Waals surface area contributed by atoms with Gasteiger partial charge >= 0.3 is 0 Å². The van der Waals surface area contributed by atoms with Gasteiger partial charge in [0, 0.05) is 37.0 Å². The van der Waals surface area contributed by atoms with Gasteiger partial charge in [-0.1, -0.05) is 18.2 Å². The normalized spacial score (nSPS) is 10.4. The molecule has 0 atom stereocenters. The van der Waals surface area contributed by atoms with Crippen molar-refractivity contribution < 1.29 is 4.79 Å². The highest BCUT2D eigenvalue weighted by Crippen LogP contribution is 2.12. The number of hydrogen-bond donors (Lipinski definition) is 2. The van der Waals surface area contributed by atoms with Gasteiger partial charge < -0.3 is 15.2 Å². The molecule has 0 bridgehead atoms. The minimum absolute atomic E-state index is 0.157. The van der Waals surface area contributed by atoms with E-state index in [1.807, 2.05) is 37.3 Å². The maximum absolute atomic E-state index is 12.4. The summed E-state index contributed by atoms with van der Waals surface area (Å²) in [5, 5.41) is 3.08. The standard InChI is InChI=1S/C17H18N6O/c1-12-8-18-15(21-12)11-23(2)16(24)13-9-19-17(20-10-13)22-14-6-4-3-5-7-14/h3-10H,11H2,1-2H3,(H,18,21)(H,19,20,22). The van der Waals surface area contributed by atoms with Gasteiger partial charge in [-0.25, -0.2) is 15.0 Å². The highest BCUT2D eigenvalue weighted by atomic mass is 16.2. The Morgan fingerprint density at radius 2 is 1.83 bits per heavy atom. The number of imidazole rings is 1. The van der Waals surface area contributed by atoms with Crippen molar-refractivity contribution in [2.45, 2.75) is 13.5 Å². The topological polar surface area (TPSA) is 86.8 Å². The SMILES string of the molecule is Cc1cnc(CN(C)C(=O)c2cnc(Nc3ccccc3)nc2)[nH]1. The second-order valence-electron chi connectivity index (χ2n) is 5.46. The number of nitrogens with zero attached hydrogens (tertiary/aromatic N) is 4. The van der Waals surface area contributed by atoms with Crippen LogP contribution in [0.3, 0.4) is 0 Å². The fraction of sp³-hybridized carbons (Fsp3) is 0.176. The van der Waals surface area contributed by atoms with Gasteiger partial charge in [0.25, 0.3) is 5.91 Å². The van der Waals surface area contributed by atoms with E-state index in [1.54, 1.807) is 18.1 Å². The Balaban J connectivity index is 1.65. The summed E-state index contributed by atoms with van der Waals surface area (Å²) in [6, 6.07) is 9.62. The lowest BCUT2D eigenvalue weighted by Crippen LogP contribution is -2.27. The number of nitrogens with one attached hydrogen (secondary N) is 2. The lowest BCUT2D eigenvalue weighted by molar-refractivity contribution is 0.0781. The molecule has 0 aliphatic heterocycles. The van der Waals surface area contributed by atoms with Crippen LogP contribution in [-0.4, -0.2) is 37.8 Å². The van der Waals surface area contributed by atoms with Gasteiger partial charge in [0.1, 0.15) is 5.82 Å². The molecule has 2 N–H and O–H groups in total. The Morgan fingerprint density at radius 1 is 1.12 bits per heavy atom. The number of hydrogen-bond acceptors (Lipinski definition) is 5. The van der Waals surface area contributed by atoms with E-state index in [-0.39, 0.29) is 5.91 Å². The molecule has 0 aliphatic carbocycles. The molecule has 1 amide bonds. The lowest BCUT2D eigenvalue weighted by atomic mass is 10.3. The maximum Gasteiger partial charge on any atom is 0.257 e. The van der Waals surface area contributed by atoms with Crippen LogP contribution in [0, 0.1) is 6.92 Å². The summed E-state index contributed by atoms with van der Waals surface area (Å²) in [4.78, 5) is 29.7.